The lowest BCUT2D eigenvalue weighted by Crippen LogP contribution is -2.05. The largest absolute Gasteiger partial charge is 0.478 e. The molecule has 3 aromatic heterocycles. The number of benzene rings is 1. The minimum atomic E-state index is -0.934. The fraction of sp³-hybridized carbons (Fsp3) is 0.211. The molecule has 140 valence electrons. The molecule has 0 fully saturated rings. The van der Waals surface area contributed by atoms with Crippen molar-refractivity contribution >= 4 is 28.0 Å². The SMILES string of the molecule is COCCN.Cn1cc(-c2cc3nccnc3[nH]2)c2cc(C(=O)O)ccc21. The van der Waals surface area contributed by atoms with Crippen molar-refractivity contribution in [3.63, 3.8) is 0 Å². The highest BCUT2D eigenvalue weighted by molar-refractivity contribution is 6.01. The van der Waals surface area contributed by atoms with Crippen LogP contribution in [0.15, 0.2) is 42.9 Å². The topological polar surface area (TPSA) is 119 Å². The number of aromatic carboxylic acids is 1. The number of carbonyl (C=O) groups is 1. The molecule has 0 saturated carbocycles. The third-order valence-electron chi connectivity index (χ3n) is 4.11. The van der Waals surface area contributed by atoms with Gasteiger partial charge < -0.3 is 25.1 Å². The first kappa shape index (κ1) is 18.6. The van der Waals surface area contributed by atoms with E-state index in [4.69, 9.17) is 5.73 Å². The Labute approximate surface area is 155 Å². The Morgan fingerprint density at radius 3 is 2.70 bits per heavy atom. The number of fused-ring (bicyclic) bond motifs is 2. The number of carboxylic acids is 1. The average Bonchev–Trinajstić information content (AvgIpc) is 3.23. The van der Waals surface area contributed by atoms with E-state index in [-0.39, 0.29) is 5.56 Å². The van der Waals surface area contributed by atoms with E-state index in [9.17, 15) is 9.90 Å². The molecule has 0 unspecified atom stereocenters. The van der Waals surface area contributed by atoms with Crippen molar-refractivity contribution in [3.05, 3.63) is 48.4 Å². The molecule has 1 aromatic carbocycles. The van der Waals surface area contributed by atoms with Gasteiger partial charge in [-0.3, -0.25) is 4.98 Å². The van der Waals surface area contributed by atoms with E-state index in [2.05, 4.69) is 19.7 Å². The Hall–Kier alpha value is -3.23. The van der Waals surface area contributed by atoms with Gasteiger partial charge in [-0.25, -0.2) is 9.78 Å². The first-order chi connectivity index (χ1) is 13.0. The molecule has 27 heavy (non-hydrogen) atoms. The predicted molar refractivity (Wildman–Crippen MR) is 104 cm³/mol. The first-order valence-electron chi connectivity index (χ1n) is 8.36. The number of aryl methyl sites for hydroxylation is 1. The summed E-state index contributed by atoms with van der Waals surface area (Å²) < 4.78 is 6.54. The molecule has 0 amide bonds. The number of nitrogens with two attached hydrogens (primary N) is 1. The lowest BCUT2D eigenvalue weighted by atomic mass is 10.1. The summed E-state index contributed by atoms with van der Waals surface area (Å²) in [6.45, 7) is 1.29. The van der Waals surface area contributed by atoms with Crippen molar-refractivity contribution in [1.29, 1.82) is 0 Å². The summed E-state index contributed by atoms with van der Waals surface area (Å²) in [4.78, 5) is 22.9. The van der Waals surface area contributed by atoms with Gasteiger partial charge >= 0.3 is 5.97 Å². The van der Waals surface area contributed by atoms with E-state index in [1.54, 1.807) is 31.6 Å². The van der Waals surface area contributed by atoms with Crippen LogP contribution < -0.4 is 5.73 Å². The minimum absolute atomic E-state index is 0.271. The van der Waals surface area contributed by atoms with E-state index in [1.165, 1.54) is 0 Å². The van der Waals surface area contributed by atoms with Crippen LogP contribution in [0.2, 0.25) is 0 Å². The lowest BCUT2D eigenvalue weighted by molar-refractivity contribution is 0.0697. The van der Waals surface area contributed by atoms with Crippen molar-refractivity contribution < 1.29 is 14.6 Å². The number of methoxy groups -OCH3 is 1. The Balaban J connectivity index is 0.000000376. The second kappa shape index (κ2) is 7.98. The number of carboxylic acid groups (broad SMARTS) is 1. The standard InChI is InChI=1S/C16H12N4O2.C3H9NO/c1-20-8-11(10-6-9(16(21)22)2-3-14(10)20)12-7-13-15(19-12)18-5-4-17-13;1-5-3-2-4/h2-8H,1H3,(H,18,19)(H,21,22);2-4H2,1H3. The maximum absolute atomic E-state index is 11.2. The molecular weight excluding hydrogens is 346 g/mol. The first-order valence-corrected chi connectivity index (χ1v) is 8.36. The quantitative estimate of drug-likeness (QED) is 0.510. The van der Waals surface area contributed by atoms with Crippen LogP contribution in [0.1, 0.15) is 10.4 Å². The second-order valence-corrected chi connectivity index (χ2v) is 5.95. The van der Waals surface area contributed by atoms with Crippen LogP contribution in [0, 0.1) is 0 Å². The van der Waals surface area contributed by atoms with Gasteiger partial charge in [-0.15, -0.1) is 0 Å². The Morgan fingerprint density at radius 2 is 2.07 bits per heavy atom. The van der Waals surface area contributed by atoms with Crippen molar-refractivity contribution in [1.82, 2.24) is 19.5 Å². The van der Waals surface area contributed by atoms with Crippen LogP contribution in [0.3, 0.4) is 0 Å². The molecule has 0 radical (unpaired) electrons. The van der Waals surface area contributed by atoms with Gasteiger partial charge in [0.1, 0.15) is 5.52 Å². The van der Waals surface area contributed by atoms with E-state index >= 15 is 0 Å². The summed E-state index contributed by atoms with van der Waals surface area (Å²) >= 11 is 0. The summed E-state index contributed by atoms with van der Waals surface area (Å²) in [5, 5.41) is 10.1. The summed E-state index contributed by atoms with van der Waals surface area (Å²) in [6.07, 6.45) is 5.25. The summed E-state index contributed by atoms with van der Waals surface area (Å²) in [5.41, 5.74) is 9.55. The molecule has 0 aliphatic carbocycles. The zero-order chi connectivity index (χ0) is 19.4. The van der Waals surface area contributed by atoms with Crippen molar-refractivity contribution in [2.75, 3.05) is 20.3 Å². The van der Waals surface area contributed by atoms with Crippen LogP contribution in [-0.2, 0) is 11.8 Å². The number of hydrogen-bond acceptors (Lipinski definition) is 5. The normalized spacial score (nSPS) is 10.8. The molecule has 4 aromatic rings. The number of aromatic amines is 1. The van der Waals surface area contributed by atoms with Gasteiger partial charge in [-0.1, -0.05) is 0 Å². The molecule has 3 heterocycles. The van der Waals surface area contributed by atoms with Crippen LogP contribution in [0.25, 0.3) is 33.3 Å². The zero-order valence-electron chi connectivity index (χ0n) is 15.1. The third-order valence-corrected chi connectivity index (χ3v) is 4.11. The van der Waals surface area contributed by atoms with Crippen LogP contribution >= 0.6 is 0 Å². The highest BCUT2D eigenvalue weighted by atomic mass is 16.5. The Bertz CT molecular complexity index is 1050. The number of rotatable bonds is 4. The van der Waals surface area contributed by atoms with E-state index < -0.39 is 5.97 Å². The second-order valence-electron chi connectivity index (χ2n) is 5.95. The predicted octanol–water partition coefficient (Wildman–Crippen LogP) is 2.41. The number of ether oxygens (including phenoxy) is 1. The van der Waals surface area contributed by atoms with Gasteiger partial charge in [-0.2, -0.15) is 0 Å². The lowest BCUT2D eigenvalue weighted by Gasteiger charge is -1.99. The molecule has 0 aliphatic heterocycles. The maximum Gasteiger partial charge on any atom is 0.335 e. The molecule has 4 N–H and O–H groups in total. The third kappa shape index (κ3) is 3.81. The smallest absolute Gasteiger partial charge is 0.335 e. The molecule has 0 saturated heterocycles. The van der Waals surface area contributed by atoms with Crippen molar-refractivity contribution in [2.24, 2.45) is 12.8 Å². The summed E-state index contributed by atoms with van der Waals surface area (Å²) in [7, 11) is 3.57. The van der Waals surface area contributed by atoms with Gasteiger partial charge in [0.25, 0.3) is 0 Å². The van der Waals surface area contributed by atoms with Gasteiger partial charge in [0.2, 0.25) is 0 Å². The Kier molecular flexibility index (Phi) is 5.49. The number of nitrogens with one attached hydrogen (secondary N) is 1. The van der Waals surface area contributed by atoms with Crippen LogP contribution in [-0.4, -0.2) is 50.9 Å². The average molecular weight is 367 g/mol. The molecule has 8 heteroatoms. The fourth-order valence-electron chi connectivity index (χ4n) is 2.85. The molecule has 0 aliphatic rings. The molecule has 0 bridgehead atoms. The molecule has 0 spiro atoms. The van der Waals surface area contributed by atoms with Gasteiger partial charge in [-0.05, 0) is 24.3 Å². The summed E-state index contributed by atoms with van der Waals surface area (Å²) in [6, 6.07) is 7.05. The van der Waals surface area contributed by atoms with Crippen LogP contribution in [0.5, 0.6) is 0 Å². The van der Waals surface area contributed by atoms with Crippen molar-refractivity contribution in [3.8, 4) is 11.3 Å². The van der Waals surface area contributed by atoms with E-state index in [1.807, 2.05) is 29.9 Å². The maximum atomic E-state index is 11.2. The van der Waals surface area contributed by atoms with Gasteiger partial charge in [0.05, 0.1) is 17.9 Å². The highest BCUT2D eigenvalue weighted by Crippen LogP contribution is 2.31. The fourth-order valence-corrected chi connectivity index (χ4v) is 2.85. The summed E-state index contributed by atoms with van der Waals surface area (Å²) in [5.74, 6) is -0.934. The monoisotopic (exact) mass is 367 g/mol. The number of hydrogen-bond donors (Lipinski definition) is 3. The number of aromatic nitrogens is 4. The minimum Gasteiger partial charge on any atom is -0.478 e. The molecule has 0 atom stereocenters. The van der Waals surface area contributed by atoms with Crippen LogP contribution in [0.4, 0.5) is 0 Å². The van der Waals surface area contributed by atoms with E-state index in [0.717, 1.165) is 27.7 Å². The number of H-pyrrole nitrogens is 1. The highest BCUT2D eigenvalue weighted by Gasteiger charge is 2.14. The van der Waals surface area contributed by atoms with Gasteiger partial charge in [0, 0.05) is 55.8 Å². The Morgan fingerprint density at radius 1 is 1.30 bits per heavy atom. The van der Waals surface area contributed by atoms with E-state index in [0.29, 0.717) is 18.8 Å². The molecule has 4 rings (SSSR count). The molecule has 8 nitrogen and oxygen atoms in total. The number of nitrogens with zero attached hydrogens (tertiary/aromatic N) is 3. The van der Waals surface area contributed by atoms with Gasteiger partial charge in [0.15, 0.2) is 5.65 Å². The molecular formula is C19H21N5O3. The van der Waals surface area contributed by atoms with Crippen molar-refractivity contribution in [2.45, 2.75) is 0 Å². The zero-order valence-corrected chi connectivity index (χ0v) is 15.1.